The first-order valence-corrected chi connectivity index (χ1v) is 11.4. The van der Waals surface area contributed by atoms with Crippen LogP contribution in [-0.2, 0) is 16.4 Å². The molecule has 6 nitrogen and oxygen atoms in total. The van der Waals surface area contributed by atoms with Crippen LogP contribution in [0.2, 0.25) is 0 Å². The molecule has 0 spiro atoms. The second-order valence-corrected chi connectivity index (χ2v) is 9.79. The monoisotopic (exact) mass is 428 g/mol. The van der Waals surface area contributed by atoms with Crippen LogP contribution >= 0.6 is 0 Å². The van der Waals surface area contributed by atoms with Crippen molar-refractivity contribution in [2.75, 3.05) is 11.5 Å². The molecule has 156 valence electrons. The van der Waals surface area contributed by atoms with E-state index in [9.17, 15) is 17.6 Å². The van der Waals surface area contributed by atoms with Crippen LogP contribution in [-0.4, -0.2) is 41.9 Å². The quantitative estimate of drug-likeness (QED) is 0.620. The molecule has 1 amide bonds. The molecule has 3 aromatic rings. The van der Waals surface area contributed by atoms with Crippen LogP contribution in [0.15, 0.2) is 59.1 Å². The van der Waals surface area contributed by atoms with Crippen LogP contribution < -0.4 is 0 Å². The summed E-state index contributed by atoms with van der Waals surface area (Å²) >= 11 is 0. The van der Waals surface area contributed by atoms with Crippen molar-refractivity contribution in [2.45, 2.75) is 25.9 Å². The van der Waals surface area contributed by atoms with Gasteiger partial charge in [0.25, 0.3) is 5.91 Å². The SMILES string of the molecule is Cc1ccc(-c2cc(C(=O)N(Cc3ccc(F)cc3)C3CCS(=O)(=O)C3)no2)cc1. The summed E-state index contributed by atoms with van der Waals surface area (Å²) in [5.74, 6) is -0.386. The van der Waals surface area contributed by atoms with Crippen LogP contribution in [0, 0.1) is 12.7 Å². The van der Waals surface area contributed by atoms with Gasteiger partial charge in [-0.25, -0.2) is 12.8 Å². The van der Waals surface area contributed by atoms with Gasteiger partial charge in [0.2, 0.25) is 0 Å². The molecule has 0 aliphatic carbocycles. The molecule has 1 aliphatic rings. The van der Waals surface area contributed by atoms with Crippen LogP contribution in [0.5, 0.6) is 0 Å². The summed E-state index contributed by atoms with van der Waals surface area (Å²) in [6, 6.07) is 14.5. The van der Waals surface area contributed by atoms with Gasteiger partial charge < -0.3 is 9.42 Å². The number of aryl methyl sites for hydroxylation is 1. The first-order chi connectivity index (χ1) is 14.3. The highest BCUT2D eigenvalue weighted by atomic mass is 32.2. The highest BCUT2D eigenvalue weighted by molar-refractivity contribution is 7.91. The topological polar surface area (TPSA) is 80.5 Å². The van der Waals surface area contributed by atoms with Crippen molar-refractivity contribution in [3.63, 3.8) is 0 Å². The van der Waals surface area contributed by atoms with Crippen LogP contribution in [0.3, 0.4) is 0 Å². The summed E-state index contributed by atoms with van der Waals surface area (Å²) in [7, 11) is -3.19. The molecule has 1 aliphatic heterocycles. The van der Waals surface area contributed by atoms with Gasteiger partial charge in [-0.2, -0.15) is 0 Å². The second-order valence-electron chi connectivity index (χ2n) is 7.56. The first-order valence-electron chi connectivity index (χ1n) is 9.60. The average molecular weight is 428 g/mol. The summed E-state index contributed by atoms with van der Waals surface area (Å²) in [6.07, 6.45) is 0.359. The summed E-state index contributed by atoms with van der Waals surface area (Å²) in [5.41, 5.74) is 2.71. The lowest BCUT2D eigenvalue weighted by atomic mass is 10.1. The van der Waals surface area contributed by atoms with Gasteiger partial charge in [-0.05, 0) is 31.0 Å². The Morgan fingerprint density at radius 2 is 1.87 bits per heavy atom. The lowest BCUT2D eigenvalue weighted by Crippen LogP contribution is -2.40. The summed E-state index contributed by atoms with van der Waals surface area (Å²) in [5, 5.41) is 3.92. The Hall–Kier alpha value is -3.00. The van der Waals surface area contributed by atoms with Crippen molar-refractivity contribution in [3.05, 3.63) is 77.2 Å². The van der Waals surface area contributed by atoms with Crippen molar-refractivity contribution in [1.82, 2.24) is 10.1 Å². The molecule has 0 bridgehead atoms. The summed E-state index contributed by atoms with van der Waals surface area (Å²) < 4.78 is 42.6. The first kappa shape index (κ1) is 20.3. The van der Waals surface area contributed by atoms with Gasteiger partial charge in [0, 0.05) is 24.2 Å². The Morgan fingerprint density at radius 1 is 1.17 bits per heavy atom. The molecular weight excluding hydrogens is 407 g/mol. The van der Waals surface area contributed by atoms with Crippen molar-refractivity contribution >= 4 is 15.7 Å². The summed E-state index contributed by atoms with van der Waals surface area (Å²) in [4.78, 5) is 14.7. The highest BCUT2D eigenvalue weighted by Crippen LogP contribution is 2.25. The number of carbonyl (C=O) groups excluding carboxylic acids is 1. The molecule has 0 saturated carbocycles. The Balaban J connectivity index is 1.62. The van der Waals surface area contributed by atoms with Crippen molar-refractivity contribution in [1.29, 1.82) is 0 Å². The molecule has 1 aromatic heterocycles. The van der Waals surface area contributed by atoms with E-state index < -0.39 is 21.8 Å². The second kappa shape index (κ2) is 8.02. The number of amides is 1. The fraction of sp³-hybridized carbons (Fsp3) is 0.273. The highest BCUT2D eigenvalue weighted by Gasteiger charge is 2.36. The molecule has 0 N–H and O–H groups in total. The Kier molecular flexibility index (Phi) is 5.42. The maximum atomic E-state index is 13.3. The standard InChI is InChI=1S/C22H21FN2O4S/c1-15-2-6-17(7-3-15)21-12-20(24-29-21)22(26)25(19-10-11-30(27,28)14-19)13-16-4-8-18(23)9-5-16/h2-9,12,19H,10-11,13-14H2,1H3. The molecule has 30 heavy (non-hydrogen) atoms. The maximum Gasteiger partial charge on any atom is 0.276 e. The summed E-state index contributed by atoms with van der Waals surface area (Å²) in [6.45, 7) is 2.13. The van der Waals surface area contributed by atoms with Crippen LogP contribution in [0.1, 0.15) is 28.0 Å². The zero-order valence-electron chi connectivity index (χ0n) is 16.4. The third-order valence-corrected chi connectivity index (χ3v) is 6.99. The molecule has 1 fully saturated rings. The van der Waals surface area contributed by atoms with Crippen molar-refractivity contribution in [2.24, 2.45) is 0 Å². The van der Waals surface area contributed by atoms with Gasteiger partial charge in [-0.3, -0.25) is 4.79 Å². The molecule has 1 saturated heterocycles. The van der Waals surface area contributed by atoms with Gasteiger partial charge in [0.1, 0.15) is 5.82 Å². The van der Waals surface area contributed by atoms with Gasteiger partial charge >= 0.3 is 0 Å². The zero-order valence-corrected chi connectivity index (χ0v) is 17.2. The normalized spacial score (nSPS) is 17.7. The lowest BCUT2D eigenvalue weighted by molar-refractivity contribution is 0.0670. The Labute approximate surface area is 174 Å². The average Bonchev–Trinajstić information content (AvgIpc) is 3.34. The Morgan fingerprint density at radius 3 is 2.50 bits per heavy atom. The number of benzene rings is 2. The fourth-order valence-corrected chi connectivity index (χ4v) is 5.28. The minimum absolute atomic E-state index is 0.0400. The molecule has 0 radical (unpaired) electrons. The van der Waals surface area contributed by atoms with E-state index in [0.29, 0.717) is 17.7 Å². The molecule has 1 unspecified atom stereocenters. The largest absolute Gasteiger partial charge is 0.355 e. The van der Waals surface area contributed by atoms with Crippen molar-refractivity contribution < 1.29 is 22.1 Å². The minimum atomic E-state index is -3.19. The van der Waals surface area contributed by atoms with E-state index in [1.54, 1.807) is 18.2 Å². The number of sulfone groups is 1. The number of halogens is 1. The minimum Gasteiger partial charge on any atom is -0.355 e. The van der Waals surface area contributed by atoms with E-state index in [1.165, 1.54) is 17.0 Å². The lowest BCUT2D eigenvalue weighted by Gasteiger charge is -2.27. The Bertz CT molecular complexity index is 1150. The predicted molar refractivity (Wildman–Crippen MR) is 110 cm³/mol. The zero-order chi connectivity index (χ0) is 21.3. The van der Waals surface area contributed by atoms with E-state index in [2.05, 4.69) is 5.16 Å². The molecule has 4 rings (SSSR count). The molecule has 2 aromatic carbocycles. The third kappa shape index (κ3) is 4.43. The van der Waals surface area contributed by atoms with Gasteiger partial charge in [0.15, 0.2) is 21.3 Å². The molecule has 1 atom stereocenters. The van der Waals surface area contributed by atoms with Gasteiger partial charge in [-0.1, -0.05) is 47.1 Å². The number of nitrogens with zero attached hydrogens (tertiary/aromatic N) is 2. The molecule has 8 heteroatoms. The number of hydrogen-bond acceptors (Lipinski definition) is 5. The fourth-order valence-electron chi connectivity index (χ4n) is 3.55. The number of carbonyl (C=O) groups is 1. The number of aromatic nitrogens is 1. The predicted octanol–water partition coefficient (Wildman–Crippen LogP) is 3.62. The number of hydrogen-bond donors (Lipinski definition) is 0. The van der Waals surface area contributed by atoms with Crippen LogP contribution in [0.4, 0.5) is 4.39 Å². The third-order valence-electron chi connectivity index (χ3n) is 5.24. The van der Waals surface area contributed by atoms with E-state index in [1.807, 2.05) is 31.2 Å². The van der Waals surface area contributed by atoms with Crippen molar-refractivity contribution in [3.8, 4) is 11.3 Å². The van der Waals surface area contributed by atoms with Crippen LogP contribution in [0.25, 0.3) is 11.3 Å². The molecular formula is C22H21FN2O4S. The van der Waals surface area contributed by atoms with Gasteiger partial charge in [-0.15, -0.1) is 0 Å². The van der Waals surface area contributed by atoms with E-state index in [4.69, 9.17) is 4.52 Å². The van der Waals surface area contributed by atoms with E-state index >= 15 is 0 Å². The van der Waals surface area contributed by atoms with E-state index in [0.717, 1.165) is 11.1 Å². The number of rotatable bonds is 5. The maximum absolute atomic E-state index is 13.3. The smallest absolute Gasteiger partial charge is 0.276 e. The van der Waals surface area contributed by atoms with Gasteiger partial charge in [0.05, 0.1) is 11.5 Å². The molecule has 2 heterocycles. The van der Waals surface area contributed by atoms with E-state index in [-0.39, 0.29) is 29.6 Å².